The summed E-state index contributed by atoms with van der Waals surface area (Å²) in [5.41, 5.74) is 2.16. The molecule has 3 aromatic rings. The zero-order valence-electron chi connectivity index (χ0n) is 19.5. The molecule has 0 bridgehead atoms. The van der Waals surface area contributed by atoms with Crippen molar-refractivity contribution in [3.63, 3.8) is 0 Å². The van der Waals surface area contributed by atoms with Gasteiger partial charge in [0.2, 0.25) is 5.91 Å². The molecule has 0 saturated heterocycles. The highest BCUT2D eigenvalue weighted by Gasteiger charge is 2.16. The van der Waals surface area contributed by atoms with Crippen LogP contribution in [0.3, 0.4) is 0 Å². The van der Waals surface area contributed by atoms with Crippen LogP contribution in [0.5, 0.6) is 5.75 Å². The normalized spacial score (nSPS) is 14.1. The lowest BCUT2D eigenvalue weighted by atomic mass is 9.95. The highest BCUT2D eigenvalue weighted by Crippen LogP contribution is 2.31. The molecule has 8 heteroatoms. The lowest BCUT2D eigenvalue weighted by Gasteiger charge is -2.22. The van der Waals surface area contributed by atoms with Crippen LogP contribution in [0.2, 0.25) is 0 Å². The maximum atomic E-state index is 12.7. The lowest BCUT2D eigenvalue weighted by Crippen LogP contribution is -2.37. The average molecular weight is 498 g/mol. The van der Waals surface area contributed by atoms with Gasteiger partial charge in [-0.3, -0.25) is 9.59 Å². The van der Waals surface area contributed by atoms with Crippen molar-refractivity contribution in [2.24, 2.45) is 0 Å². The first-order valence-corrected chi connectivity index (χ1v) is 13.8. The van der Waals surface area contributed by atoms with Gasteiger partial charge in [0.15, 0.2) is 4.34 Å². The smallest absolute Gasteiger partial charge is 0.255 e. The van der Waals surface area contributed by atoms with E-state index in [1.54, 1.807) is 12.1 Å². The quantitative estimate of drug-likeness (QED) is 0.255. The molecule has 2 N–H and O–H groups in total. The van der Waals surface area contributed by atoms with Gasteiger partial charge in [-0.1, -0.05) is 44.4 Å². The number of amides is 2. The first-order chi connectivity index (χ1) is 16.6. The molecule has 2 aromatic carbocycles. The molecule has 180 valence electrons. The number of thioether (sulfide) groups is 1. The minimum Gasteiger partial charge on any atom is -0.494 e. The van der Waals surface area contributed by atoms with Crippen LogP contribution in [0, 0.1) is 0 Å². The number of benzene rings is 2. The number of nitrogens with one attached hydrogen (secondary N) is 2. The Bertz CT molecular complexity index is 1110. The Morgan fingerprint density at radius 3 is 2.68 bits per heavy atom. The van der Waals surface area contributed by atoms with E-state index in [0.29, 0.717) is 24.0 Å². The lowest BCUT2D eigenvalue weighted by molar-refractivity contribution is -0.119. The molecule has 34 heavy (non-hydrogen) atoms. The van der Waals surface area contributed by atoms with Gasteiger partial charge in [-0.15, -0.1) is 11.3 Å². The van der Waals surface area contributed by atoms with Crippen LogP contribution in [0.15, 0.2) is 46.8 Å². The third-order valence-corrected chi connectivity index (χ3v) is 7.97. The molecular weight excluding hydrogens is 466 g/mol. The number of rotatable bonds is 10. The molecule has 1 heterocycles. The predicted octanol–water partition coefficient (Wildman–Crippen LogP) is 6.27. The maximum absolute atomic E-state index is 12.7. The van der Waals surface area contributed by atoms with Crippen molar-refractivity contribution in [1.29, 1.82) is 0 Å². The van der Waals surface area contributed by atoms with Gasteiger partial charge in [-0.05, 0) is 61.7 Å². The topological polar surface area (TPSA) is 80.3 Å². The summed E-state index contributed by atoms with van der Waals surface area (Å²) in [6, 6.07) is 13.2. The van der Waals surface area contributed by atoms with Crippen molar-refractivity contribution >= 4 is 50.8 Å². The van der Waals surface area contributed by atoms with E-state index in [-0.39, 0.29) is 11.8 Å². The summed E-state index contributed by atoms with van der Waals surface area (Å²) < 4.78 is 7.49. The number of fused-ring (bicyclic) bond motifs is 1. The fraction of sp³-hybridized carbons (Fsp3) is 0.423. The molecule has 1 saturated carbocycles. The van der Waals surface area contributed by atoms with E-state index in [4.69, 9.17) is 4.74 Å². The van der Waals surface area contributed by atoms with Crippen molar-refractivity contribution in [1.82, 2.24) is 10.3 Å². The Labute approximate surface area is 208 Å². The summed E-state index contributed by atoms with van der Waals surface area (Å²) in [4.78, 5) is 29.6. The summed E-state index contributed by atoms with van der Waals surface area (Å²) in [7, 11) is 0. The third kappa shape index (κ3) is 6.96. The van der Waals surface area contributed by atoms with Crippen LogP contribution in [-0.2, 0) is 4.79 Å². The van der Waals surface area contributed by atoms with Crippen LogP contribution < -0.4 is 15.4 Å². The number of aromatic nitrogens is 1. The monoisotopic (exact) mass is 497 g/mol. The zero-order valence-corrected chi connectivity index (χ0v) is 21.1. The van der Waals surface area contributed by atoms with Crippen molar-refractivity contribution in [2.45, 2.75) is 62.3 Å². The molecular formula is C26H31N3O3S2. The second-order valence-corrected chi connectivity index (χ2v) is 10.8. The fourth-order valence-corrected chi connectivity index (χ4v) is 5.85. The van der Waals surface area contributed by atoms with Gasteiger partial charge in [-0.2, -0.15) is 0 Å². The molecule has 4 rings (SSSR count). The molecule has 1 aromatic heterocycles. The van der Waals surface area contributed by atoms with E-state index in [1.165, 1.54) is 42.4 Å². The molecule has 6 nitrogen and oxygen atoms in total. The van der Waals surface area contributed by atoms with Crippen molar-refractivity contribution in [3.8, 4) is 5.75 Å². The first-order valence-electron chi connectivity index (χ1n) is 12.0. The number of ether oxygens (including phenoxy) is 1. The molecule has 1 aliphatic carbocycles. The Hall–Kier alpha value is -2.58. The van der Waals surface area contributed by atoms with Crippen molar-refractivity contribution in [2.75, 3.05) is 17.7 Å². The van der Waals surface area contributed by atoms with Gasteiger partial charge >= 0.3 is 0 Å². The van der Waals surface area contributed by atoms with Crippen LogP contribution in [0.25, 0.3) is 10.2 Å². The molecule has 0 atom stereocenters. The molecule has 0 spiro atoms. The summed E-state index contributed by atoms with van der Waals surface area (Å²) in [6.45, 7) is 2.81. The molecule has 0 unspecified atom stereocenters. The van der Waals surface area contributed by atoms with E-state index in [9.17, 15) is 9.59 Å². The Balaban J connectivity index is 1.30. The molecule has 2 amide bonds. The van der Waals surface area contributed by atoms with E-state index in [0.717, 1.165) is 51.7 Å². The number of carbonyl (C=O) groups is 2. The Kier molecular flexibility index (Phi) is 8.82. The van der Waals surface area contributed by atoms with Gasteiger partial charge in [0.05, 0.1) is 22.6 Å². The third-order valence-electron chi connectivity index (χ3n) is 5.81. The number of nitrogens with zero attached hydrogens (tertiary/aromatic N) is 1. The van der Waals surface area contributed by atoms with E-state index < -0.39 is 0 Å². The highest BCUT2D eigenvalue weighted by molar-refractivity contribution is 8.01. The predicted molar refractivity (Wildman–Crippen MR) is 140 cm³/mol. The standard InChI is InChI=1S/C26H31N3O3S2/c1-2-3-15-32-21-12-9-18(10-13-21)25(31)28-20-11-14-22-23(16-20)34-26(29-22)33-17-24(30)27-19-7-5-4-6-8-19/h9-14,16,19H,2-8,15,17H2,1H3,(H,27,30)(H,28,31). The average Bonchev–Trinajstić information content (AvgIpc) is 3.26. The largest absolute Gasteiger partial charge is 0.494 e. The van der Waals surface area contributed by atoms with Crippen molar-refractivity contribution < 1.29 is 14.3 Å². The minimum absolute atomic E-state index is 0.0749. The first kappa shape index (κ1) is 24.5. The summed E-state index contributed by atoms with van der Waals surface area (Å²) >= 11 is 3.00. The number of hydrogen-bond donors (Lipinski definition) is 2. The van der Waals surface area contributed by atoms with Gasteiger partial charge in [0.1, 0.15) is 5.75 Å². The van der Waals surface area contributed by atoms with E-state index in [1.807, 2.05) is 30.3 Å². The summed E-state index contributed by atoms with van der Waals surface area (Å²) in [6.07, 6.45) is 7.94. The second kappa shape index (κ2) is 12.2. The summed E-state index contributed by atoms with van der Waals surface area (Å²) in [5, 5.41) is 6.10. The minimum atomic E-state index is -0.169. The number of unbranched alkanes of at least 4 members (excludes halogenated alkanes) is 1. The second-order valence-electron chi connectivity index (χ2n) is 8.53. The fourth-order valence-electron chi connectivity index (χ4n) is 3.93. The molecule has 1 aliphatic rings. The van der Waals surface area contributed by atoms with Gasteiger partial charge in [0, 0.05) is 17.3 Å². The molecule has 0 aliphatic heterocycles. The van der Waals surface area contributed by atoms with Crippen LogP contribution >= 0.6 is 23.1 Å². The summed E-state index contributed by atoms with van der Waals surface area (Å²) in [5.74, 6) is 1.05. The van der Waals surface area contributed by atoms with Crippen LogP contribution in [0.1, 0.15) is 62.2 Å². The van der Waals surface area contributed by atoms with Crippen LogP contribution in [-0.4, -0.2) is 35.2 Å². The van der Waals surface area contributed by atoms with E-state index in [2.05, 4.69) is 22.5 Å². The Morgan fingerprint density at radius 2 is 1.91 bits per heavy atom. The SMILES string of the molecule is CCCCOc1ccc(C(=O)Nc2ccc3nc(SCC(=O)NC4CCCCC4)sc3c2)cc1. The number of carbonyl (C=O) groups excluding carboxylic acids is 2. The number of hydrogen-bond acceptors (Lipinski definition) is 6. The molecule has 1 fully saturated rings. The number of anilines is 1. The highest BCUT2D eigenvalue weighted by atomic mass is 32.2. The van der Waals surface area contributed by atoms with Crippen LogP contribution in [0.4, 0.5) is 5.69 Å². The molecule has 0 radical (unpaired) electrons. The van der Waals surface area contributed by atoms with Gasteiger partial charge < -0.3 is 15.4 Å². The van der Waals surface area contributed by atoms with Gasteiger partial charge in [-0.25, -0.2) is 4.98 Å². The Morgan fingerprint density at radius 1 is 1.12 bits per heavy atom. The zero-order chi connectivity index (χ0) is 23.8. The van der Waals surface area contributed by atoms with Gasteiger partial charge in [0.25, 0.3) is 5.91 Å². The maximum Gasteiger partial charge on any atom is 0.255 e. The number of thiazole rings is 1. The van der Waals surface area contributed by atoms with E-state index >= 15 is 0 Å². The van der Waals surface area contributed by atoms with Crippen molar-refractivity contribution in [3.05, 3.63) is 48.0 Å².